The molecule has 2 heterocycles. The maximum Gasteiger partial charge on any atom is 0.225 e. The average Bonchev–Trinajstić information content (AvgIpc) is 2.94. The van der Waals surface area contributed by atoms with Gasteiger partial charge in [0.05, 0.1) is 11.9 Å². The molecule has 0 aliphatic carbocycles. The molecule has 4 N–H and O–H groups in total. The third-order valence-electron chi connectivity index (χ3n) is 2.66. The molecular weight excluding hydrogens is 324 g/mol. The number of halogens is 1. The monoisotopic (exact) mass is 334 g/mol. The number of benzene rings is 1. The van der Waals surface area contributed by atoms with Crippen molar-refractivity contribution in [3.63, 3.8) is 0 Å². The van der Waals surface area contributed by atoms with Crippen molar-refractivity contribution in [2.24, 2.45) is 0 Å². The van der Waals surface area contributed by atoms with E-state index in [9.17, 15) is 0 Å². The van der Waals surface area contributed by atoms with Gasteiger partial charge in [-0.2, -0.15) is 15.0 Å². The SMILES string of the molecule is Nc1nc(N)nc(SCc2ncc(-c3ccc(Cl)cc3)o2)n1. The van der Waals surface area contributed by atoms with E-state index in [0.29, 0.717) is 27.6 Å². The van der Waals surface area contributed by atoms with E-state index < -0.39 is 0 Å². The van der Waals surface area contributed by atoms with Crippen LogP contribution >= 0.6 is 23.4 Å². The Kier molecular flexibility index (Phi) is 4.12. The van der Waals surface area contributed by atoms with Gasteiger partial charge in [0.2, 0.25) is 17.8 Å². The van der Waals surface area contributed by atoms with E-state index in [2.05, 4.69) is 19.9 Å². The van der Waals surface area contributed by atoms with Gasteiger partial charge in [0.15, 0.2) is 10.9 Å². The van der Waals surface area contributed by atoms with Gasteiger partial charge in [-0.25, -0.2) is 4.98 Å². The molecule has 0 aliphatic rings. The van der Waals surface area contributed by atoms with Crippen LogP contribution in [0.1, 0.15) is 5.89 Å². The van der Waals surface area contributed by atoms with Crippen molar-refractivity contribution in [3.8, 4) is 11.3 Å². The second kappa shape index (κ2) is 6.20. The van der Waals surface area contributed by atoms with E-state index in [1.54, 1.807) is 18.3 Å². The van der Waals surface area contributed by atoms with Gasteiger partial charge in [-0.05, 0) is 24.3 Å². The highest BCUT2D eigenvalue weighted by atomic mass is 35.5. The van der Waals surface area contributed by atoms with Gasteiger partial charge < -0.3 is 15.9 Å². The minimum Gasteiger partial charge on any atom is -0.440 e. The number of aromatic nitrogens is 4. The number of rotatable bonds is 4. The van der Waals surface area contributed by atoms with E-state index in [1.165, 1.54) is 11.8 Å². The summed E-state index contributed by atoms with van der Waals surface area (Å²) in [5, 5.41) is 1.10. The van der Waals surface area contributed by atoms with Gasteiger partial charge in [-0.15, -0.1) is 0 Å². The molecule has 1 aromatic carbocycles. The van der Waals surface area contributed by atoms with Crippen LogP contribution in [-0.4, -0.2) is 19.9 Å². The predicted molar refractivity (Wildman–Crippen MR) is 85.2 cm³/mol. The van der Waals surface area contributed by atoms with Gasteiger partial charge >= 0.3 is 0 Å². The lowest BCUT2D eigenvalue weighted by molar-refractivity contribution is 0.530. The smallest absolute Gasteiger partial charge is 0.225 e. The first kappa shape index (κ1) is 14.6. The number of oxazole rings is 1. The maximum absolute atomic E-state index is 5.86. The van der Waals surface area contributed by atoms with Crippen molar-refractivity contribution in [1.82, 2.24) is 19.9 Å². The molecule has 3 aromatic rings. The maximum atomic E-state index is 5.86. The lowest BCUT2D eigenvalue weighted by Gasteiger charge is -2.00. The van der Waals surface area contributed by atoms with Crippen LogP contribution < -0.4 is 11.5 Å². The minimum absolute atomic E-state index is 0.0873. The summed E-state index contributed by atoms with van der Waals surface area (Å²) in [5.41, 5.74) is 11.9. The Morgan fingerprint density at radius 2 is 1.73 bits per heavy atom. The molecule has 3 rings (SSSR count). The number of nitrogens with zero attached hydrogens (tertiary/aromatic N) is 4. The Balaban J connectivity index is 1.70. The zero-order valence-electron chi connectivity index (χ0n) is 11.2. The fourth-order valence-corrected chi connectivity index (χ4v) is 2.53. The number of nitrogen functional groups attached to an aromatic ring is 2. The van der Waals surface area contributed by atoms with Gasteiger partial charge in [0, 0.05) is 10.6 Å². The molecule has 0 unspecified atom stereocenters. The molecule has 0 spiro atoms. The van der Waals surface area contributed by atoms with Gasteiger partial charge in [-0.1, -0.05) is 23.4 Å². The summed E-state index contributed by atoms with van der Waals surface area (Å²) in [5.74, 6) is 1.85. The largest absolute Gasteiger partial charge is 0.440 e. The van der Waals surface area contributed by atoms with Crippen LogP contribution in [0.25, 0.3) is 11.3 Å². The van der Waals surface area contributed by atoms with Gasteiger partial charge in [0.1, 0.15) is 0 Å². The molecule has 0 atom stereocenters. The van der Waals surface area contributed by atoms with Gasteiger partial charge in [-0.3, -0.25) is 0 Å². The number of hydrogen-bond donors (Lipinski definition) is 2. The lowest BCUT2D eigenvalue weighted by atomic mass is 10.2. The normalized spacial score (nSPS) is 10.8. The fraction of sp³-hybridized carbons (Fsp3) is 0.0769. The van der Waals surface area contributed by atoms with Crippen molar-refractivity contribution in [2.75, 3.05) is 11.5 Å². The molecule has 0 radical (unpaired) electrons. The number of anilines is 2. The summed E-state index contributed by atoms with van der Waals surface area (Å²) >= 11 is 7.17. The number of thioether (sulfide) groups is 1. The van der Waals surface area contributed by atoms with Crippen molar-refractivity contribution in [2.45, 2.75) is 10.9 Å². The lowest BCUT2D eigenvalue weighted by Crippen LogP contribution is -2.03. The van der Waals surface area contributed by atoms with E-state index >= 15 is 0 Å². The van der Waals surface area contributed by atoms with Crippen molar-refractivity contribution >= 4 is 35.3 Å². The van der Waals surface area contributed by atoms with Crippen LogP contribution in [0.4, 0.5) is 11.9 Å². The summed E-state index contributed by atoms with van der Waals surface area (Å²) < 4.78 is 5.68. The molecule has 112 valence electrons. The molecule has 0 saturated carbocycles. The molecule has 2 aromatic heterocycles. The Hall–Kier alpha value is -2.32. The van der Waals surface area contributed by atoms with E-state index in [-0.39, 0.29) is 11.9 Å². The summed E-state index contributed by atoms with van der Waals surface area (Å²) in [6, 6.07) is 7.33. The van der Waals surface area contributed by atoms with Crippen molar-refractivity contribution in [1.29, 1.82) is 0 Å². The molecule has 9 heteroatoms. The van der Waals surface area contributed by atoms with Crippen LogP contribution in [0.15, 0.2) is 40.0 Å². The highest BCUT2D eigenvalue weighted by molar-refractivity contribution is 7.98. The molecule has 0 amide bonds. The highest BCUT2D eigenvalue weighted by Gasteiger charge is 2.09. The Morgan fingerprint density at radius 3 is 2.41 bits per heavy atom. The Bertz CT molecular complexity index is 771. The highest BCUT2D eigenvalue weighted by Crippen LogP contribution is 2.25. The second-order valence-corrected chi connectivity index (χ2v) is 5.63. The number of hydrogen-bond acceptors (Lipinski definition) is 8. The number of nitrogens with two attached hydrogens (primary N) is 2. The zero-order chi connectivity index (χ0) is 15.5. The summed E-state index contributed by atoms with van der Waals surface area (Å²) in [7, 11) is 0. The standard InChI is InChI=1S/C13H11ClN6OS/c14-8-3-1-7(2-4-8)9-5-17-10(21-9)6-22-13-19-11(15)18-12(16)20-13/h1-5H,6H2,(H4,15,16,18,19,20). The first-order chi connectivity index (χ1) is 10.6. The Morgan fingerprint density at radius 1 is 1.05 bits per heavy atom. The minimum atomic E-state index is 0.0873. The predicted octanol–water partition coefficient (Wildman–Crippen LogP) is 2.64. The quantitative estimate of drug-likeness (QED) is 0.699. The van der Waals surface area contributed by atoms with Crippen LogP contribution in [0.3, 0.4) is 0 Å². The fourth-order valence-electron chi connectivity index (χ4n) is 1.70. The van der Waals surface area contributed by atoms with Crippen molar-refractivity contribution in [3.05, 3.63) is 41.4 Å². The molecule has 0 bridgehead atoms. The molecule has 0 aliphatic heterocycles. The van der Waals surface area contributed by atoms with Crippen LogP contribution in [0.5, 0.6) is 0 Å². The summed E-state index contributed by atoms with van der Waals surface area (Å²) in [4.78, 5) is 15.9. The van der Waals surface area contributed by atoms with E-state index in [4.69, 9.17) is 27.5 Å². The van der Waals surface area contributed by atoms with E-state index in [1.807, 2.05) is 12.1 Å². The molecule has 0 fully saturated rings. The van der Waals surface area contributed by atoms with Crippen LogP contribution in [0.2, 0.25) is 5.02 Å². The first-order valence-electron chi connectivity index (χ1n) is 6.20. The summed E-state index contributed by atoms with van der Waals surface area (Å²) in [6.07, 6.45) is 1.66. The third-order valence-corrected chi connectivity index (χ3v) is 3.74. The first-order valence-corrected chi connectivity index (χ1v) is 7.57. The third kappa shape index (κ3) is 3.46. The van der Waals surface area contributed by atoms with Crippen LogP contribution in [-0.2, 0) is 5.75 Å². The molecule has 0 saturated heterocycles. The zero-order valence-corrected chi connectivity index (χ0v) is 12.8. The average molecular weight is 335 g/mol. The molecule has 7 nitrogen and oxygen atoms in total. The van der Waals surface area contributed by atoms with Gasteiger partial charge in [0.25, 0.3) is 0 Å². The summed E-state index contributed by atoms with van der Waals surface area (Å²) in [6.45, 7) is 0. The second-order valence-electron chi connectivity index (χ2n) is 4.25. The topological polar surface area (TPSA) is 117 Å². The van der Waals surface area contributed by atoms with Crippen molar-refractivity contribution < 1.29 is 4.42 Å². The van der Waals surface area contributed by atoms with E-state index in [0.717, 1.165) is 5.56 Å². The van der Waals surface area contributed by atoms with Crippen LogP contribution in [0, 0.1) is 0 Å². The molecular formula is C13H11ClN6OS. The molecule has 22 heavy (non-hydrogen) atoms. The Labute approximate surface area is 135 Å².